The highest BCUT2D eigenvalue weighted by molar-refractivity contribution is 8.00. The van der Waals surface area contributed by atoms with Crippen LogP contribution >= 0.6 is 11.8 Å². The second-order valence-electron chi connectivity index (χ2n) is 8.17. The number of amides is 2. The summed E-state index contributed by atoms with van der Waals surface area (Å²) in [5.74, 6) is 1.75. The van der Waals surface area contributed by atoms with Crippen molar-refractivity contribution >= 4 is 34.5 Å². The van der Waals surface area contributed by atoms with Crippen molar-refractivity contribution in [3.63, 3.8) is 0 Å². The van der Waals surface area contributed by atoms with Crippen LogP contribution in [0.2, 0.25) is 0 Å². The largest absolute Gasteiger partial charge is 0.497 e. The summed E-state index contributed by atoms with van der Waals surface area (Å²) in [5.41, 5.74) is 2.23. The van der Waals surface area contributed by atoms with Crippen LogP contribution in [0.25, 0.3) is 22.2 Å². The van der Waals surface area contributed by atoms with Crippen molar-refractivity contribution < 1.29 is 18.7 Å². The minimum Gasteiger partial charge on any atom is -0.497 e. The lowest BCUT2D eigenvalue weighted by atomic mass is 10.1. The van der Waals surface area contributed by atoms with Crippen molar-refractivity contribution in [2.24, 2.45) is 7.05 Å². The zero-order valence-corrected chi connectivity index (χ0v) is 20.5. The topological polar surface area (TPSA) is 102 Å². The lowest BCUT2D eigenvalue weighted by Gasteiger charge is -2.23. The Morgan fingerprint density at radius 2 is 2.03 bits per heavy atom. The molecule has 1 saturated heterocycles. The number of aromatic nitrogens is 3. The Morgan fingerprint density at radius 1 is 1.20 bits per heavy atom. The Balaban J connectivity index is 1.34. The number of hydrogen-bond donors (Lipinski definition) is 1. The first kappa shape index (κ1) is 23.0. The summed E-state index contributed by atoms with van der Waals surface area (Å²) in [6, 6.07) is 14.9. The van der Waals surface area contributed by atoms with Gasteiger partial charge < -0.3 is 19.4 Å². The Hall–Kier alpha value is -3.79. The number of aryl methyl sites for hydroxylation is 2. The summed E-state index contributed by atoms with van der Waals surface area (Å²) < 4.78 is 12.8. The van der Waals surface area contributed by atoms with E-state index in [1.807, 2.05) is 55.6 Å². The first-order valence-corrected chi connectivity index (χ1v) is 12.3. The van der Waals surface area contributed by atoms with Crippen LogP contribution in [-0.4, -0.2) is 62.8 Å². The van der Waals surface area contributed by atoms with Crippen molar-refractivity contribution in [2.75, 3.05) is 26.0 Å². The number of fused-ring (bicyclic) bond motifs is 1. The fourth-order valence-corrected chi connectivity index (χ4v) is 5.39. The van der Waals surface area contributed by atoms with E-state index < -0.39 is 0 Å². The zero-order chi connectivity index (χ0) is 24.5. The van der Waals surface area contributed by atoms with Crippen LogP contribution in [0.1, 0.15) is 26.9 Å². The number of ether oxygens (including phenoxy) is 1. The van der Waals surface area contributed by atoms with Crippen LogP contribution in [0.4, 0.5) is 0 Å². The molecule has 0 aliphatic carbocycles. The molecule has 1 aliphatic heterocycles. The number of carbonyl (C=O) groups excluding carboxylic acids is 2. The van der Waals surface area contributed by atoms with E-state index in [1.165, 1.54) is 0 Å². The maximum atomic E-state index is 13.5. The normalized spacial score (nSPS) is 15.5. The van der Waals surface area contributed by atoms with Crippen molar-refractivity contribution in [1.82, 2.24) is 25.0 Å². The molecule has 0 saturated carbocycles. The van der Waals surface area contributed by atoms with Gasteiger partial charge in [0.15, 0.2) is 23.0 Å². The molecular weight excluding hydrogens is 466 g/mol. The molecule has 0 spiro atoms. The molecule has 9 nitrogen and oxygen atoms in total. The van der Waals surface area contributed by atoms with Crippen LogP contribution in [0.5, 0.6) is 5.75 Å². The van der Waals surface area contributed by atoms with Gasteiger partial charge in [0.05, 0.1) is 18.0 Å². The number of nitrogens with one attached hydrogen (secondary N) is 1. The van der Waals surface area contributed by atoms with Gasteiger partial charge in [-0.2, -0.15) is 5.10 Å². The maximum Gasteiger partial charge on any atom is 0.277 e. The smallest absolute Gasteiger partial charge is 0.277 e. The minimum atomic E-state index is -0.268. The number of rotatable bonds is 6. The highest BCUT2D eigenvalue weighted by atomic mass is 32.2. The standard InChI is InChI=1S/C25H25N5O4S/c1-15-27-22(23(34-15)16-7-6-8-17(13-16)33-3)25(32)30-11-12-35-20(30)14-26-24(31)21-18-9-4-5-10-19(18)29(2)28-21/h4-10,13,20H,11-12,14H2,1-3H3,(H,26,31). The molecule has 10 heteroatoms. The van der Waals surface area contributed by atoms with Gasteiger partial charge in [0.1, 0.15) is 5.75 Å². The Labute approximate surface area is 206 Å². The molecule has 3 heterocycles. The quantitative estimate of drug-likeness (QED) is 0.440. The van der Waals surface area contributed by atoms with Crippen molar-refractivity contribution in [3.8, 4) is 17.1 Å². The van der Waals surface area contributed by atoms with E-state index in [2.05, 4.69) is 15.4 Å². The fraction of sp³-hybridized carbons (Fsp3) is 0.280. The lowest BCUT2D eigenvalue weighted by molar-refractivity contribution is 0.0746. The summed E-state index contributed by atoms with van der Waals surface area (Å²) in [4.78, 5) is 32.6. The molecule has 1 N–H and O–H groups in total. The molecule has 2 aromatic heterocycles. The second kappa shape index (κ2) is 9.46. The Morgan fingerprint density at radius 3 is 2.86 bits per heavy atom. The zero-order valence-electron chi connectivity index (χ0n) is 19.6. The number of oxazole rings is 1. The SMILES string of the molecule is COc1cccc(-c2oc(C)nc2C(=O)N2CCSC2CNC(=O)c2nn(C)c3ccccc23)c1. The number of para-hydroxylation sites is 1. The molecule has 5 rings (SSSR count). The van der Waals surface area contributed by atoms with Crippen LogP contribution in [0, 0.1) is 6.92 Å². The van der Waals surface area contributed by atoms with Crippen molar-refractivity contribution in [3.05, 3.63) is 65.8 Å². The minimum absolute atomic E-state index is 0.225. The number of methoxy groups -OCH3 is 1. The van der Waals surface area contributed by atoms with Gasteiger partial charge in [-0.05, 0) is 18.2 Å². The number of hydrogen-bond acceptors (Lipinski definition) is 7. The first-order chi connectivity index (χ1) is 17.0. The number of benzene rings is 2. The number of thioether (sulfide) groups is 1. The molecule has 180 valence electrons. The Bertz CT molecular complexity index is 1410. The molecule has 0 radical (unpaired) electrons. The molecular formula is C25H25N5O4S. The molecule has 1 atom stereocenters. The molecule has 1 fully saturated rings. The molecule has 1 aliphatic rings. The average molecular weight is 492 g/mol. The average Bonchev–Trinajstić information content (AvgIpc) is 3.59. The van der Waals surface area contributed by atoms with Crippen LogP contribution < -0.4 is 10.1 Å². The molecule has 2 aromatic carbocycles. The predicted octanol–water partition coefficient (Wildman–Crippen LogP) is 3.49. The van der Waals surface area contributed by atoms with E-state index in [4.69, 9.17) is 9.15 Å². The summed E-state index contributed by atoms with van der Waals surface area (Å²) in [6.07, 6.45) is 0. The van der Waals surface area contributed by atoms with Gasteiger partial charge in [-0.15, -0.1) is 11.8 Å². The molecule has 0 bridgehead atoms. The van der Waals surface area contributed by atoms with Crippen LogP contribution in [-0.2, 0) is 7.05 Å². The molecule has 35 heavy (non-hydrogen) atoms. The van der Waals surface area contributed by atoms with E-state index in [9.17, 15) is 9.59 Å². The second-order valence-corrected chi connectivity index (χ2v) is 9.45. The third-order valence-electron chi connectivity index (χ3n) is 5.93. The summed E-state index contributed by atoms with van der Waals surface area (Å²) >= 11 is 1.62. The van der Waals surface area contributed by atoms with Gasteiger partial charge in [-0.1, -0.05) is 30.3 Å². The highest BCUT2D eigenvalue weighted by Crippen LogP contribution is 2.31. The van der Waals surface area contributed by atoms with E-state index in [-0.39, 0.29) is 22.9 Å². The van der Waals surface area contributed by atoms with Gasteiger partial charge in [0.25, 0.3) is 11.8 Å². The summed E-state index contributed by atoms with van der Waals surface area (Å²) in [6.45, 7) is 2.57. The maximum absolute atomic E-state index is 13.5. The Kier molecular flexibility index (Phi) is 6.21. The fourth-order valence-electron chi connectivity index (χ4n) is 4.24. The van der Waals surface area contributed by atoms with Gasteiger partial charge in [-0.25, -0.2) is 4.98 Å². The number of carbonyl (C=O) groups is 2. The van der Waals surface area contributed by atoms with Gasteiger partial charge in [0.2, 0.25) is 0 Å². The highest BCUT2D eigenvalue weighted by Gasteiger charge is 2.34. The van der Waals surface area contributed by atoms with Gasteiger partial charge in [0, 0.05) is 43.8 Å². The van der Waals surface area contributed by atoms with E-state index in [0.717, 1.165) is 16.7 Å². The molecule has 1 unspecified atom stereocenters. The lowest BCUT2D eigenvalue weighted by Crippen LogP contribution is -2.42. The summed E-state index contributed by atoms with van der Waals surface area (Å²) in [5, 5.41) is 7.91. The third-order valence-corrected chi connectivity index (χ3v) is 7.15. The van der Waals surface area contributed by atoms with Crippen molar-refractivity contribution in [1.29, 1.82) is 0 Å². The van der Waals surface area contributed by atoms with Gasteiger partial charge >= 0.3 is 0 Å². The number of nitrogens with zero attached hydrogens (tertiary/aromatic N) is 4. The van der Waals surface area contributed by atoms with E-state index in [1.54, 1.807) is 35.4 Å². The third kappa shape index (κ3) is 4.37. The summed E-state index contributed by atoms with van der Waals surface area (Å²) in [7, 11) is 3.40. The predicted molar refractivity (Wildman–Crippen MR) is 134 cm³/mol. The van der Waals surface area contributed by atoms with E-state index in [0.29, 0.717) is 41.7 Å². The van der Waals surface area contributed by atoms with Crippen molar-refractivity contribution in [2.45, 2.75) is 12.3 Å². The molecule has 4 aromatic rings. The van der Waals surface area contributed by atoms with Crippen LogP contribution in [0.15, 0.2) is 52.9 Å². The van der Waals surface area contributed by atoms with Gasteiger partial charge in [-0.3, -0.25) is 14.3 Å². The monoisotopic (exact) mass is 491 g/mol. The van der Waals surface area contributed by atoms with Crippen LogP contribution in [0.3, 0.4) is 0 Å². The van der Waals surface area contributed by atoms with E-state index >= 15 is 0 Å². The molecule has 2 amide bonds. The first-order valence-electron chi connectivity index (χ1n) is 11.2.